The number of aromatic nitrogens is 2. The van der Waals surface area contributed by atoms with Crippen LogP contribution < -0.4 is 10.6 Å². The van der Waals surface area contributed by atoms with E-state index in [-0.39, 0.29) is 11.7 Å². The Kier molecular flexibility index (Phi) is 4.17. The number of nitrogens with one attached hydrogen (secondary N) is 2. The third-order valence-corrected chi connectivity index (χ3v) is 2.96. The van der Waals surface area contributed by atoms with Crippen LogP contribution in [-0.2, 0) is 0 Å². The molecule has 0 amide bonds. The highest BCUT2D eigenvalue weighted by atomic mass is 19.1. The van der Waals surface area contributed by atoms with Gasteiger partial charge in [-0.15, -0.1) is 0 Å². The maximum absolute atomic E-state index is 13.5. The van der Waals surface area contributed by atoms with Gasteiger partial charge in [-0.2, -0.15) is 0 Å². The molecule has 4 nitrogen and oxygen atoms in total. The van der Waals surface area contributed by atoms with Crippen LogP contribution in [-0.4, -0.2) is 17.0 Å². The lowest BCUT2D eigenvalue weighted by atomic mass is 10.2. The summed E-state index contributed by atoms with van der Waals surface area (Å²) in [5.74, 6) is 2.11. The summed E-state index contributed by atoms with van der Waals surface area (Å²) in [5.41, 5.74) is 1.29. The van der Waals surface area contributed by atoms with E-state index in [1.54, 1.807) is 19.1 Å². The van der Waals surface area contributed by atoms with Gasteiger partial charge in [0.1, 0.15) is 23.3 Å². The van der Waals surface area contributed by atoms with Gasteiger partial charge in [-0.3, -0.25) is 0 Å². The molecule has 1 heterocycles. The lowest BCUT2D eigenvalue weighted by Crippen LogP contribution is -2.05. The smallest absolute Gasteiger partial charge is 0.136 e. The highest BCUT2D eigenvalue weighted by molar-refractivity contribution is 5.59. The van der Waals surface area contributed by atoms with E-state index in [0.717, 1.165) is 11.6 Å². The molecule has 2 N–H and O–H groups in total. The van der Waals surface area contributed by atoms with Gasteiger partial charge < -0.3 is 10.6 Å². The molecule has 1 aromatic heterocycles. The molecule has 2 aromatic rings. The summed E-state index contributed by atoms with van der Waals surface area (Å²) in [6, 6.07) is 6.82. The van der Waals surface area contributed by atoms with E-state index < -0.39 is 0 Å². The molecule has 0 aliphatic carbocycles. The zero-order valence-corrected chi connectivity index (χ0v) is 12.2. The van der Waals surface area contributed by atoms with Gasteiger partial charge in [0, 0.05) is 24.7 Å². The first kappa shape index (κ1) is 14.2. The third kappa shape index (κ3) is 3.23. The normalized spacial score (nSPS) is 10.7. The molecular formula is C15H19FN4. The first-order valence-corrected chi connectivity index (χ1v) is 6.59. The average molecular weight is 274 g/mol. The number of aryl methyl sites for hydroxylation is 1. The van der Waals surface area contributed by atoms with Crippen molar-refractivity contribution in [2.45, 2.75) is 26.7 Å². The molecule has 1 aromatic carbocycles. The molecule has 2 rings (SSSR count). The second-order valence-electron chi connectivity index (χ2n) is 4.99. The molecule has 20 heavy (non-hydrogen) atoms. The van der Waals surface area contributed by atoms with Crippen LogP contribution in [0.1, 0.15) is 31.2 Å². The van der Waals surface area contributed by atoms with Crippen LogP contribution >= 0.6 is 0 Å². The van der Waals surface area contributed by atoms with Crippen molar-refractivity contribution in [3.63, 3.8) is 0 Å². The van der Waals surface area contributed by atoms with Crippen molar-refractivity contribution in [1.82, 2.24) is 9.97 Å². The molecular weight excluding hydrogens is 255 g/mol. The number of anilines is 3. The lowest BCUT2D eigenvalue weighted by molar-refractivity contribution is 0.619. The second-order valence-corrected chi connectivity index (χ2v) is 4.99. The van der Waals surface area contributed by atoms with E-state index in [1.807, 2.05) is 27.0 Å². The number of hydrogen-bond donors (Lipinski definition) is 2. The SMILES string of the molecule is CNc1cc(Nc2ccc(C)c(F)c2)nc(C(C)C)n1. The molecule has 0 atom stereocenters. The van der Waals surface area contributed by atoms with Gasteiger partial charge in [-0.05, 0) is 24.6 Å². The third-order valence-electron chi connectivity index (χ3n) is 2.96. The molecule has 5 heteroatoms. The van der Waals surface area contributed by atoms with Crippen LogP contribution in [0, 0.1) is 12.7 Å². The maximum atomic E-state index is 13.5. The Morgan fingerprint density at radius 3 is 2.40 bits per heavy atom. The largest absolute Gasteiger partial charge is 0.373 e. The summed E-state index contributed by atoms with van der Waals surface area (Å²) >= 11 is 0. The molecule has 0 fully saturated rings. The summed E-state index contributed by atoms with van der Waals surface area (Å²) in [7, 11) is 1.81. The van der Waals surface area contributed by atoms with Crippen molar-refractivity contribution in [3.8, 4) is 0 Å². The Balaban J connectivity index is 2.32. The van der Waals surface area contributed by atoms with Crippen molar-refractivity contribution in [2.75, 3.05) is 17.7 Å². The van der Waals surface area contributed by atoms with E-state index in [4.69, 9.17) is 0 Å². The van der Waals surface area contributed by atoms with Gasteiger partial charge >= 0.3 is 0 Å². The number of nitrogens with zero attached hydrogens (tertiary/aromatic N) is 2. The monoisotopic (exact) mass is 274 g/mol. The van der Waals surface area contributed by atoms with Crippen LogP contribution in [0.2, 0.25) is 0 Å². The van der Waals surface area contributed by atoms with Gasteiger partial charge in [0.25, 0.3) is 0 Å². The second kappa shape index (κ2) is 5.86. The Hall–Kier alpha value is -2.17. The number of rotatable bonds is 4. The van der Waals surface area contributed by atoms with Gasteiger partial charge in [0.05, 0.1) is 0 Å². The summed E-state index contributed by atoms with van der Waals surface area (Å²) in [5, 5.41) is 6.11. The lowest BCUT2D eigenvalue weighted by Gasteiger charge is -2.12. The zero-order chi connectivity index (χ0) is 14.7. The Bertz CT molecular complexity index is 611. The predicted molar refractivity (Wildman–Crippen MR) is 80.1 cm³/mol. The molecule has 0 aliphatic heterocycles. The van der Waals surface area contributed by atoms with Crippen molar-refractivity contribution in [2.24, 2.45) is 0 Å². The first-order chi connectivity index (χ1) is 9.49. The molecule has 0 saturated heterocycles. The number of halogens is 1. The van der Waals surface area contributed by atoms with Crippen LogP contribution in [0.5, 0.6) is 0 Å². The quantitative estimate of drug-likeness (QED) is 0.889. The summed E-state index contributed by atoms with van der Waals surface area (Å²) < 4.78 is 13.5. The number of benzene rings is 1. The summed E-state index contributed by atoms with van der Waals surface area (Å²) in [4.78, 5) is 8.83. The van der Waals surface area contributed by atoms with E-state index >= 15 is 0 Å². The summed E-state index contributed by atoms with van der Waals surface area (Å²) in [6.07, 6.45) is 0. The predicted octanol–water partition coefficient (Wildman–Crippen LogP) is 3.83. The van der Waals surface area contributed by atoms with Gasteiger partial charge in [0.2, 0.25) is 0 Å². The van der Waals surface area contributed by atoms with Gasteiger partial charge in [-0.1, -0.05) is 19.9 Å². The standard InChI is InChI=1S/C15H19FN4/c1-9(2)15-19-13(17-4)8-14(20-15)18-11-6-5-10(3)12(16)7-11/h5-9H,1-4H3,(H2,17,18,19,20). The van der Waals surface area contributed by atoms with Gasteiger partial charge in [0.15, 0.2) is 0 Å². The fourth-order valence-corrected chi connectivity index (χ4v) is 1.73. The minimum atomic E-state index is -0.234. The Morgan fingerprint density at radius 2 is 1.80 bits per heavy atom. The first-order valence-electron chi connectivity index (χ1n) is 6.59. The van der Waals surface area contributed by atoms with Crippen LogP contribution in [0.15, 0.2) is 24.3 Å². The molecule has 106 valence electrons. The van der Waals surface area contributed by atoms with Crippen LogP contribution in [0.4, 0.5) is 21.7 Å². The van der Waals surface area contributed by atoms with Crippen molar-refractivity contribution in [1.29, 1.82) is 0 Å². The summed E-state index contributed by atoms with van der Waals surface area (Å²) in [6.45, 7) is 5.80. The van der Waals surface area contributed by atoms with E-state index in [1.165, 1.54) is 6.07 Å². The molecule has 0 unspecified atom stereocenters. The average Bonchev–Trinajstić information content (AvgIpc) is 2.42. The fourth-order valence-electron chi connectivity index (χ4n) is 1.73. The van der Waals surface area contributed by atoms with E-state index in [0.29, 0.717) is 17.1 Å². The zero-order valence-electron chi connectivity index (χ0n) is 12.2. The molecule has 0 bridgehead atoms. The van der Waals surface area contributed by atoms with Crippen LogP contribution in [0.3, 0.4) is 0 Å². The molecule has 0 radical (unpaired) electrons. The van der Waals surface area contributed by atoms with Crippen molar-refractivity contribution in [3.05, 3.63) is 41.5 Å². The van der Waals surface area contributed by atoms with Crippen LogP contribution in [0.25, 0.3) is 0 Å². The minimum Gasteiger partial charge on any atom is -0.373 e. The topological polar surface area (TPSA) is 49.8 Å². The van der Waals surface area contributed by atoms with Gasteiger partial charge in [-0.25, -0.2) is 14.4 Å². The maximum Gasteiger partial charge on any atom is 0.136 e. The molecule has 0 saturated carbocycles. The molecule has 0 spiro atoms. The Morgan fingerprint density at radius 1 is 1.10 bits per heavy atom. The Labute approximate surface area is 118 Å². The molecule has 0 aliphatic rings. The minimum absolute atomic E-state index is 0.221. The highest BCUT2D eigenvalue weighted by Crippen LogP contribution is 2.21. The van der Waals surface area contributed by atoms with Crippen molar-refractivity contribution < 1.29 is 4.39 Å². The van der Waals surface area contributed by atoms with E-state index in [2.05, 4.69) is 20.6 Å². The van der Waals surface area contributed by atoms with E-state index in [9.17, 15) is 4.39 Å². The fraction of sp³-hybridized carbons (Fsp3) is 0.333. The van der Waals surface area contributed by atoms with Crippen molar-refractivity contribution >= 4 is 17.3 Å². The highest BCUT2D eigenvalue weighted by Gasteiger charge is 2.08. The number of hydrogen-bond acceptors (Lipinski definition) is 4.